The SMILES string of the molecule is CC12CC[C@@H](c3ncc(-c4ccnc(CO)c4F)[nH]3)N1C(=O)C=C(c1c(-n3cnnn3)ccc(Cl)c1F)C2. The molecule has 1 unspecified atom stereocenters. The molecule has 2 aliphatic rings. The van der Waals surface area contributed by atoms with Gasteiger partial charge in [-0.15, -0.1) is 5.10 Å². The normalized spacial score (nSPS) is 21.1. The molecule has 194 valence electrons. The first-order chi connectivity index (χ1) is 18.3. The number of amides is 1. The van der Waals surface area contributed by atoms with E-state index in [9.17, 15) is 14.3 Å². The number of rotatable bonds is 5. The summed E-state index contributed by atoms with van der Waals surface area (Å²) in [7, 11) is 0. The maximum Gasteiger partial charge on any atom is 0.247 e. The minimum Gasteiger partial charge on any atom is -0.390 e. The van der Waals surface area contributed by atoms with Crippen molar-refractivity contribution < 1.29 is 18.7 Å². The number of tetrazole rings is 1. The molecule has 2 N–H and O–H groups in total. The Bertz CT molecular complexity index is 1590. The van der Waals surface area contributed by atoms with E-state index < -0.39 is 23.8 Å². The molecule has 3 aromatic heterocycles. The van der Waals surface area contributed by atoms with Gasteiger partial charge >= 0.3 is 0 Å². The number of hydrogen-bond donors (Lipinski definition) is 2. The van der Waals surface area contributed by atoms with Crippen molar-refractivity contribution in [3.05, 3.63) is 76.7 Å². The fourth-order valence-corrected chi connectivity index (χ4v) is 5.68. The molecule has 1 aromatic carbocycles. The Balaban J connectivity index is 1.36. The highest BCUT2D eigenvalue weighted by atomic mass is 35.5. The van der Waals surface area contributed by atoms with Crippen LogP contribution < -0.4 is 0 Å². The number of hydrogen-bond acceptors (Lipinski definition) is 7. The van der Waals surface area contributed by atoms with Crippen LogP contribution in [0.5, 0.6) is 0 Å². The fraction of sp³-hybridized carbons (Fsp3) is 0.280. The highest BCUT2D eigenvalue weighted by Gasteiger charge is 2.49. The van der Waals surface area contributed by atoms with Gasteiger partial charge in [0, 0.05) is 28.9 Å². The second-order valence-electron chi connectivity index (χ2n) is 9.58. The van der Waals surface area contributed by atoms with Gasteiger partial charge in [0.2, 0.25) is 5.91 Å². The van der Waals surface area contributed by atoms with Crippen molar-refractivity contribution >= 4 is 23.1 Å². The van der Waals surface area contributed by atoms with Gasteiger partial charge in [0.25, 0.3) is 0 Å². The van der Waals surface area contributed by atoms with Crippen LogP contribution in [0.3, 0.4) is 0 Å². The number of fused-ring (bicyclic) bond motifs is 1. The lowest BCUT2D eigenvalue weighted by Crippen LogP contribution is -2.48. The number of aromatic amines is 1. The Morgan fingerprint density at radius 3 is 2.84 bits per heavy atom. The molecule has 6 rings (SSSR count). The smallest absolute Gasteiger partial charge is 0.247 e. The summed E-state index contributed by atoms with van der Waals surface area (Å²) in [5.74, 6) is -1.07. The number of imidazole rings is 1. The van der Waals surface area contributed by atoms with Crippen LogP contribution in [0.1, 0.15) is 49.3 Å². The first-order valence-corrected chi connectivity index (χ1v) is 12.2. The minimum atomic E-state index is -0.650. The van der Waals surface area contributed by atoms with Crippen molar-refractivity contribution in [2.24, 2.45) is 0 Å². The average Bonchev–Trinajstić information content (AvgIpc) is 3.65. The highest BCUT2D eigenvalue weighted by molar-refractivity contribution is 6.31. The van der Waals surface area contributed by atoms with Crippen molar-refractivity contribution in [1.82, 2.24) is 40.1 Å². The number of benzene rings is 1. The Hall–Kier alpha value is -4.03. The third kappa shape index (κ3) is 3.79. The summed E-state index contributed by atoms with van der Waals surface area (Å²) in [6.07, 6.45) is 7.29. The molecule has 0 aliphatic carbocycles. The molecule has 13 heteroatoms. The summed E-state index contributed by atoms with van der Waals surface area (Å²) in [5, 5.41) is 20.4. The summed E-state index contributed by atoms with van der Waals surface area (Å²) in [4.78, 5) is 26.8. The van der Waals surface area contributed by atoms with Crippen LogP contribution in [-0.2, 0) is 11.4 Å². The summed E-state index contributed by atoms with van der Waals surface area (Å²) < 4.78 is 31.5. The highest BCUT2D eigenvalue weighted by Crippen LogP contribution is 2.50. The predicted molar refractivity (Wildman–Crippen MR) is 132 cm³/mol. The minimum absolute atomic E-state index is 0.0646. The van der Waals surface area contributed by atoms with E-state index in [-0.39, 0.29) is 33.8 Å². The van der Waals surface area contributed by atoms with Crippen molar-refractivity contribution in [1.29, 1.82) is 0 Å². The lowest BCUT2D eigenvalue weighted by atomic mass is 9.83. The molecule has 38 heavy (non-hydrogen) atoms. The van der Waals surface area contributed by atoms with E-state index in [1.54, 1.807) is 11.0 Å². The number of pyridine rings is 1. The molecule has 1 fully saturated rings. The lowest BCUT2D eigenvalue weighted by Gasteiger charge is -2.41. The van der Waals surface area contributed by atoms with Gasteiger partial charge in [-0.25, -0.2) is 13.8 Å². The molecular formula is C25H21ClF2N8O2. The second-order valence-corrected chi connectivity index (χ2v) is 9.98. The molecule has 2 aliphatic heterocycles. The lowest BCUT2D eigenvalue weighted by molar-refractivity contribution is -0.132. The Kier molecular flexibility index (Phi) is 5.80. The molecule has 1 amide bonds. The molecule has 4 aromatic rings. The molecule has 0 bridgehead atoms. The number of aliphatic hydroxyl groups excluding tert-OH is 1. The zero-order valence-electron chi connectivity index (χ0n) is 20.1. The van der Waals surface area contributed by atoms with Gasteiger partial charge in [-0.05, 0) is 60.4 Å². The van der Waals surface area contributed by atoms with Gasteiger partial charge in [0.05, 0.1) is 35.2 Å². The average molecular weight is 539 g/mol. The number of carbonyl (C=O) groups excluding carboxylic acids is 1. The van der Waals surface area contributed by atoms with Crippen molar-refractivity contribution in [2.45, 2.75) is 44.4 Å². The van der Waals surface area contributed by atoms with Gasteiger partial charge in [-0.1, -0.05) is 11.6 Å². The van der Waals surface area contributed by atoms with Crippen LogP contribution in [0.4, 0.5) is 8.78 Å². The second kappa shape index (κ2) is 9.07. The van der Waals surface area contributed by atoms with Crippen LogP contribution in [0.25, 0.3) is 22.5 Å². The summed E-state index contributed by atoms with van der Waals surface area (Å²) in [6, 6.07) is 4.14. The van der Waals surface area contributed by atoms with Gasteiger partial charge in [0.1, 0.15) is 17.8 Å². The van der Waals surface area contributed by atoms with Crippen LogP contribution in [0, 0.1) is 11.6 Å². The monoisotopic (exact) mass is 538 g/mol. The third-order valence-electron chi connectivity index (χ3n) is 7.26. The molecule has 10 nitrogen and oxygen atoms in total. The van der Waals surface area contributed by atoms with Gasteiger partial charge in [0.15, 0.2) is 11.6 Å². The molecule has 2 atom stereocenters. The summed E-state index contributed by atoms with van der Waals surface area (Å²) in [5.41, 5.74) is 0.992. The van der Waals surface area contributed by atoms with Gasteiger partial charge < -0.3 is 15.0 Å². The number of aliphatic hydroxyl groups is 1. The van der Waals surface area contributed by atoms with E-state index in [0.717, 1.165) is 0 Å². The Morgan fingerprint density at radius 2 is 2.08 bits per heavy atom. The van der Waals surface area contributed by atoms with Crippen molar-refractivity contribution in [3.63, 3.8) is 0 Å². The van der Waals surface area contributed by atoms with Crippen LogP contribution in [-0.4, -0.2) is 56.6 Å². The maximum absolute atomic E-state index is 15.4. The molecule has 0 spiro atoms. The first-order valence-electron chi connectivity index (χ1n) is 11.9. The maximum atomic E-state index is 15.4. The van der Waals surface area contributed by atoms with E-state index in [1.807, 2.05) is 6.92 Å². The molecule has 1 saturated heterocycles. The van der Waals surface area contributed by atoms with Crippen LogP contribution in [0.2, 0.25) is 5.02 Å². The third-order valence-corrected chi connectivity index (χ3v) is 7.55. The van der Waals surface area contributed by atoms with E-state index in [0.29, 0.717) is 42.0 Å². The Labute approximate surface area is 220 Å². The quantitative estimate of drug-likeness (QED) is 0.396. The molecule has 5 heterocycles. The predicted octanol–water partition coefficient (Wildman–Crippen LogP) is 3.78. The van der Waals surface area contributed by atoms with Crippen molar-refractivity contribution in [2.75, 3.05) is 0 Å². The number of aromatic nitrogens is 7. The topological polar surface area (TPSA) is 126 Å². The van der Waals surface area contributed by atoms with Gasteiger partial charge in [-0.3, -0.25) is 9.78 Å². The number of H-pyrrole nitrogens is 1. The van der Waals surface area contributed by atoms with E-state index >= 15 is 4.39 Å². The number of carbonyl (C=O) groups is 1. The standard InChI is InChI=1S/C25H21ClF2N8O2/c1-25-6-4-19(24-30-10-16(32-24)14-5-7-29-17(11-37)22(14)27)36(25)20(38)8-13(9-25)21-18(35-12-31-33-34-35)3-2-15(26)23(21)28/h2-3,5,7-8,10,12,19,37H,4,6,9,11H2,1H3,(H,30,32)/t19-,25?/m0/s1. The molecular weight excluding hydrogens is 518 g/mol. The van der Waals surface area contributed by atoms with E-state index in [2.05, 4.69) is 30.5 Å². The first kappa shape index (κ1) is 24.3. The van der Waals surface area contributed by atoms with Crippen LogP contribution in [0.15, 0.2) is 43.0 Å². The number of nitrogens with zero attached hydrogens (tertiary/aromatic N) is 7. The Morgan fingerprint density at radius 1 is 1.24 bits per heavy atom. The molecule has 0 radical (unpaired) electrons. The van der Waals surface area contributed by atoms with E-state index in [4.69, 9.17) is 11.6 Å². The fourth-order valence-electron chi connectivity index (χ4n) is 5.52. The van der Waals surface area contributed by atoms with Gasteiger partial charge in [-0.2, -0.15) is 4.68 Å². The molecule has 0 saturated carbocycles. The zero-order valence-corrected chi connectivity index (χ0v) is 20.8. The largest absolute Gasteiger partial charge is 0.390 e. The zero-order chi connectivity index (χ0) is 26.6. The number of nitrogens with one attached hydrogen (secondary N) is 1. The summed E-state index contributed by atoms with van der Waals surface area (Å²) >= 11 is 6.12. The number of halogens is 3. The summed E-state index contributed by atoms with van der Waals surface area (Å²) in [6.45, 7) is 1.43. The van der Waals surface area contributed by atoms with E-state index in [1.165, 1.54) is 41.6 Å². The van der Waals surface area contributed by atoms with Crippen LogP contribution >= 0.6 is 11.6 Å². The van der Waals surface area contributed by atoms with Crippen molar-refractivity contribution in [3.8, 4) is 16.9 Å².